The summed E-state index contributed by atoms with van der Waals surface area (Å²) in [6.45, 7) is 6.00. The van der Waals surface area contributed by atoms with Crippen LogP contribution in [0.1, 0.15) is 26.2 Å². The van der Waals surface area contributed by atoms with E-state index in [1.807, 2.05) is 0 Å². The van der Waals surface area contributed by atoms with Gasteiger partial charge in [0.1, 0.15) is 0 Å². The van der Waals surface area contributed by atoms with Gasteiger partial charge < -0.3 is 9.47 Å². The smallest absolute Gasteiger partial charge is 0.0833 e. The maximum atomic E-state index is 5.22. The fourth-order valence-corrected chi connectivity index (χ4v) is 1.01. The second-order valence-corrected chi connectivity index (χ2v) is 2.69. The molecule has 0 bridgehead atoms. The Kier molecular flexibility index (Phi) is 6.57. The van der Waals surface area contributed by atoms with Crippen LogP contribution in [0.2, 0.25) is 0 Å². The summed E-state index contributed by atoms with van der Waals surface area (Å²) in [5.41, 5.74) is 0. The molecule has 11 heavy (non-hydrogen) atoms. The first kappa shape index (κ1) is 10.9. The first-order valence-electron chi connectivity index (χ1n) is 4.14. The van der Waals surface area contributed by atoms with Crippen LogP contribution in [0.3, 0.4) is 0 Å². The standard InChI is InChI=1S/C9H19O2/c1-5-6-7-9(11-4)8(2)10-3/h8-9H,2,5-7H2,1,3-4H3. The zero-order chi connectivity index (χ0) is 8.69. The van der Waals surface area contributed by atoms with Gasteiger partial charge in [-0.05, 0) is 13.3 Å². The fourth-order valence-electron chi connectivity index (χ4n) is 1.01. The van der Waals surface area contributed by atoms with Gasteiger partial charge in [0.15, 0.2) is 0 Å². The van der Waals surface area contributed by atoms with E-state index in [-0.39, 0.29) is 12.2 Å². The highest BCUT2D eigenvalue weighted by Gasteiger charge is 2.14. The molecule has 0 aliphatic carbocycles. The first-order chi connectivity index (χ1) is 5.26. The van der Waals surface area contributed by atoms with Crippen molar-refractivity contribution in [3.63, 3.8) is 0 Å². The summed E-state index contributed by atoms with van der Waals surface area (Å²) in [7, 11) is 3.37. The summed E-state index contributed by atoms with van der Waals surface area (Å²) in [6, 6.07) is 0. The van der Waals surface area contributed by atoms with Gasteiger partial charge in [-0.15, -0.1) is 0 Å². The summed E-state index contributed by atoms with van der Waals surface area (Å²) >= 11 is 0. The molecule has 0 rings (SSSR count). The highest BCUT2D eigenvalue weighted by Crippen LogP contribution is 2.09. The van der Waals surface area contributed by atoms with Crippen LogP contribution in [0.15, 0.2) is 0 Å². The molecule has 0 aromatic heterocycles. The number of methoxy groups -OCH3 is 2. The molecule has 0 saturated carbocycles. The van der Waals surface area contributed by atoms with Gasteiger partial charge >= 0.3 is 0 Å². The van der Waals surface area contributed by atoms with Gasteiger partial charge in [0, 0.05) is 14.2 Å². The minimum atomic E-state index is -0.0356. The SMILES string of the molecule is [CH2]C(OC)C(CCCC)OC. The minimum absolute atomic E-state index is 0.0356. The Morgan fingerprint density at radius 1 is 1.27 bits per heavy atom. The molecular weight excluding hydrogens is 140 g/mol. The molecule has 2 heteroatoms. The van der Waals surface area contributed by atoms with Crippen molar-refractivity contribution in [1.29, 1.82) is 0 Å². The molecule has 0 aliphatic rings. The van der Waals surface area contributed by atoms with E-state index in [1.165, 1.54) is 12.8 Å². The van der Waals surface area contributed by atoms with E-state index < -0.39 is 0 Å². The van der Waals surface area contributed by atoms with E-state index in [0.29, 0.717) is 0 Å². The van der Waals surface area contributed by atoms with Crippen LogP contribution in [0.25, 0.3) is 0 Å². The number of ether oxygens (including phenoxy) is 2. The van der Waals surface area contributed by atoms with E-state index in [4.69, 9.17) is 9.47 Å². The lowest BCUT2D eigenvalue weighted by Crippen LogP contribution is -2.27. The van der Waals surface area contributed by atoms with E-state index in [2.05, 4.69) is 13.8 Å². The summed E-state index contributed by atoms with van der Waals surface area (Å²) < 4.78 is 10.3. The van der Waals surface area contributed by atoms with Crippen LogP contribution in [0, 0.1) is 6.92 Å². The molecule has 1 radical (unpaired) electrons. The van der Waals surface area contributed by atoms with Crippen molar-refractivity contribution in [3.05, 3.63) is 6.92 Å². The summed E-state index contributed by atoms with van der Waals surface area (Å²) in [5.74, 6) is 0. The summed E-state index contributed by atoms with van der Waals surface area (Å²) in [6.07, 6.45) is 3.52. The quantitative estimate of drug-likeness (QED) is 0.590. The molecule has 2 atom stereocenters. The van der Waals surface area contributed by atoms with Crippen molar-refractivity contribution in [2.45, 2.75) is 38.4 Å². The number of hydrogen-bond acceptors (Lipinski definition) is 2. The molecule has 0 spiro atoms. The number of hydrogen-bond donors (Lipinski definition) is 0. The molecule has 0 N–H and O–H groups in total. The molecule has 0 fully saturated rings. The highest BCUT2D eigenvalue weighted by atomic mass is 16.5. The number of unbranched alkanes of at least 4 members (excludes halogenated alkanes) is 1. The van der Waals surface area contributed by atoms with Gasteiger partial charge in [-0.2, -0.15) is 0 Å². The fraction of sp³-hybridized carbons (Fsp3) is 0.889. The monoisotopic (exact) mass is 159 g/mol. The highest BCUT2D eigenvalue weighted by molar-refractivity contribution is 4.71. The molecule has 0 aliphatic heterocycles. The van der Waals surface area contributed by atoms with Gasteiger partial charge in [0.2, 0.25) is 0 Å². The van der Waals surface area contributed by atoms with Crippen LogP contribution in [-0.4, -0.2) is 26.4 Å². The Morgan fingerprint density at radius 3 is 2.27 bits per heavy atom. The van der Waals surface area contributed by atoms with Crippen LogP contribution in [0.5, 0.6) is 0 Å². The molecular formula is C9H19O2. The van der Waals surface area contributed by atoms with E-state index in [0.717, 1.165) is 6.42 Å². The van der Waals surface area contributed by atoms with Crippen molar-refractivity contribution in [2.24, 2.45) is 0 Å². The van der Waals surface area contributed by atoms with Crippen molar-refractivity contribution < 1.29 is 9.47 Å². The molecule has 67 valence electrons. The topological polar surface area (TPSA) is 18.5 Å². The molecule has 0 amide bonds. The third-order valence-corrected chi connectivity index (χ3v) is 1.86. The first-order valence-corrected chi connectivity index (χ1v) is 4.14. The molecule has 0 saturated heterocycles. The minimum Gasteiger partial charge on any atom is -0.379 e. The lowest BCUT2D eigenvalue weighted by atomic mass is 10.1. The van der Waals surface area contributed by atoms with E-state index in [1.54, 1.807) is 14.2 Å². The predicted molar refractivity (Wildman–Crippen MR) is 46.5 cm³/mol. The Bertz CT molecular complexity index is 83.6. The zero-order valence-electron chi connectivity index (χ0n) is 7.80. The molecule has 0 heterocycles. The molecule has 0 aromatic carbocycles. The maximum absolute atomic E-state index is 5.22. The average molecular weight is 159 g/mol. The Balaban J connectivity index is 3.56. The van der Waals surface area contributed by atoms with Crippen molar-refractivity contribution in [1.82, 2.24) is 0 Å². The second kappa shape index (κ2) is 6.62. The maximum Gasteiger partial charge on any atom is 0.0833 e. The normalized spacial score (nSPS) is 16.4. The predicted octanol–water partition coefficient (Wildman–Crippen LogP) is 2.04. The Morgan fingerprint density at radius 2 is 1.91 bits per heavy atom. The van der Waals surface area contributed by atoms with Gasteiger partial charge in [-0.1, -0.05) is 19.8 Å². The average Bonchev–Trinajstić information content (AvgIpc) is 2.05. The Labute approximate surface area is 69.9 Å². The molecule has 0 aromatic rings. The molecule has 2 nitrogen and oxygen atoms in total. The van der Waals surface area contributed by atoms with Crippen LogP contribution in [-0.2, 0) is 9.47 Å². The number of rotatable bonds is 6. The van der Waals surface area contributed by atoms with E-state index >= 15 is 0 Å². The van der Waals surface area contributed by atoms with Gasteiger partial charge in [0.25, 0.3) is 0 Å². The lowest BCUT2D eigenvalue weighted by molar-refractivity contribution is -0.0178. The summed E-state index contributed by atoms with van der Waals surface area (Å²) in [4.78, 5) is 0. The lowest BCUT2D eigenvalue weighted by Gasteiger charge is -2.20. The van der Waals surface area contributed by atoms with Crippen molar-refractivity contribution in [2.75, 3.05) is 14.2 Å². The van der Waals surface area contributed by atoms with Gasteiger partial charge in [-0.25, -0.2) is 0 Å². The van der Waals surface area contributed by atoms with Crippen molar-refractivity contribution >= 4 is 0 Å². The third kappa shape index (κ3) is 4.38. The second-order valence-electron chi connectivity index (χ2n) is 2.69. The Hall–Kier alpha value is -0.0800. The zero-order valence-corrected chi connectivity index (χ0v) is 7.80. The van der Waals surface area contributed by atoms with Crippen LogP contribution < -0.4 is 0 Å². The van der Waals surface area contributed by atoms with Crippen LogP contribution >= 0.6 is 0 Å². The summed E-state index contributed by atoms with van der Waals surface area (Å²) in [5, 5.41) is 0. The van der Waals surface area contributed by atoms with Gasteiger partial charge in [0.05, 0.1) is 12.2 Å². The molecule has 2 unspecified atom stereocenters. The van der Waals surface area contributed by atoms with Gasteiger partial charge in [-0.3, -0.25) is 0 Å². The third-order valence-electron chi connectivity index (χ3n) is 1.86. The van der Waals surface area contributed by atoms with Crippen LogP contribution in [0.4, 0.5) is 0 Å². The largest absolute Gasteiger partial charge is 0.379 e. The van der Waals surface area contributed by atoms with Crippen molar-refractivity contribution in [3.8, 4) is 0 Å². The van der Waals surface area contributed by atoms with E-state index in [9.17, 15) is 0 Å².